The van der Waals surface area contributed by atoms with Crippen LogP contribution in [0.3, 0.4) is 0 Å². The predicted molar refractivity (Wildman–Crippen MR) is 123 cm³/mol. The Morgan fingerprint density at radius 1 is 0.969 bits per heavy atom. The molecule has 3 aromatic rings. The van der Waals surface area contributed by atoms with Gasteiger partial charge in [0.25, 0.3) is 0 Å². The summed E-state index contributed by atoms with van der Waals surface area (Å²) in [5.74, 6) is 0.727. The van der Waals surface area contributed by atoms with Gasteiger partial charge in [-0.15, -0.1) is 0 Å². The SMILES string of the molecule is CC(c1ccccc1)N1CC(C(=O)N2CCN(c3cnc4ccccc4n3)CC2)CC1=O. The largest absolute Gasteiger partial charge is 0.352 e. The Kier molecular flexibility index (Phi) is 5.47. The summed E-state index contributed by atoms with van der Waals surface area (Å²) in [7, 11) is 0. The van der Waals surface area contributed by atoms with E-state index in [2.05, 4.69) is 9.88 Å². The molecule has 7 nitrogen and oxygen atoms in total. The van der Waals surface area contributed by atoms with E-state index in [4.69, 9.17) is 4.98 Å². The van der Waals surface area contributed by atoms with E-state index < -0.39 is 0 Å². The summed E-state index contributed by atoms with van der Waals surface area (Å²) in [6, 6.07) is 17.8. The number of carbonyl (C=O) groups is 2. The van der Waals surface area contributed by atoms with Crippen molar-refractivity contribution in [1.82, 2.24) is 19.8 Å². The van der Waals surface area contributed by atoms with Gasteiger partial charge in [0.05, 0.1) is 29.2 Å². The average molecular weight is 430 g/mol. The number of anilines is 1. The van der Waals surface area contributed by atoms with Crippen molar-refractivity contribution in [2.45, 2.75) is 19.4 Å². The molecule has 164 valence electrons. The number of amides is 2. The fourth-order valence-corrected chi connectivity index (χ4v) is 4.70. The number of carbonyl (C=O) groups excluding carboxylic acids is 2. The van der Waals surface area contributed by atoms with E-state index in [1.165, 1.54) is 0 Å². The molecular weight excluding hydrogens is 402 g/mol. The Labute approximate surface area is 187 Å². The van der Waals surface area contributed by atoms with Crippen LogP contribution >= 0.6 is 0 Å². The van der Waals surface area contributed by atoms with Gasteiger partial charge in [0.1, 0.15) is 5.82 Å². The molecule has 0 N–H and O–H groups in total. The summed E-state index contributed by atoms with van der Waals surface area (Å²) in [6.07, 6.45) is 2.10. The summed E-state index contributed by atoms with van der Waals surface area (Å²) in [4.78, 5) is 41.0. The van der Waals surface area contributed by atoms with Gasteiger partial charge >= 0.3 is 0 Å². The number of hydrogen-bond donors (Lipinski definition) is 0. The Bertz CT molecular complexity index is 1130. The molecule has 32 heavy (non-hydrogen) atoms. The fraction of sp³-hybridized carbons (Fsp3) is 0.360. The molecule has 2 aromatic carbocycles. The standard InChI is InChI=1S/C25H27N5O2/c1-18(19-7-3-2-4-8-19)30-17-20(15-24(30)31)25(32)29-13-11-28(12-14-29)23-16-26-21-9-5-6-10-22(21)27-23/h2-10,16,18,20H,11-15,17H2,1H3. The maximum atomic E-state index is 13.2. The predicted octanol–water partition coefficient (Wildman–Crippen LogP) is 2.89. The maximum Gasteiger partial charge on any atom is 0.228 e. The average Bonchev–Trinajstić information content (AvgIpc) is 3.25. The van der Waals surface area contributed by atoms with E-state index in [1.807, 2.05) is 71.3 Å². The molecule has 2 unspecified atom stereocenters. The van der Waals surface area contributed by atoms with Gasteiger partial charge in [-0.3, -0.25) is 14.6 Å². The van der Waals surface area contributed by atoms with Crippen LogP contribution in [0.1, 0.15) is 24.9 Å². The van der Waals surface area contributed by atoms with Crippen LogP contribution in [-0.2, 0) is 9.59 Å². The minimum Gasteiger partial charge on any atom is -0.352 e. The molecule has 7 heteroatoms. The molecule has 2 aliphatic rings. The van der Waals surface area contributed by atoms with E-state index in [0.29, 0.717) is 39.1 Å². The molecule has 5 rings (SSSR count). The summed E-state index contributed by atoms with van der Waals surface area (Å²) >= 11 is 0. The third kappa shape index (κ3) is 3.90. The highest BCUT2D eigenvalue weighted by Gasteiger charge is 2.39. The van der Waals surface area contributed by atoms with Crippen LogP contribution in [-0.4, -0.2) is 64.3 Å². The van der Waals surface area contributed by atoms with E-state index in [1.54, 1.807) is 6.20 Å². The highest BCUT2D eigenvalue weighted by atomic mass is 16.2. The molecule has 2 saturated heterocycles. The number of para-hydroxylation sites is 2. The van der Waals surface area contributed by atoms with Crippen molar-refractivity contribution in [1.29, 1.82) is 0 Å². The number of benzene rings is 2. The number of nitrogens with zero attached hydrogens (tertiary/aromatic N) is 5. The van der Waals surface area contributed by atoms with Crippen molar-refractivity contribution in [2.24, 2.45) is 5.92 Å². The van der Waals surface area contributed by atoms with Gasteiger partial charge in [0, 0.05) is 39.1 Å². The summed E-state index contributed by atoms with van der Waals surface area (Å²) in [6.45, 7) is 5.21. The fourth-order valence-electron chi connectivity index (χ4n) is 4.70. The number of aromatic nitrogens is 2. The van der Waals surface area contributed by atoms with Crippen LogP contribution in [0.2, 0.25) is 0 Å². The molecule has 2 atom stereocenters. The molecular formula is C25H27N5O2. The van der Waals surface area contributed by atoms with E-state index in [-0.39, 0.29) is 23.8 Å². The molecule has 2 aliphatic heterocycles. The summed E-state index contributed by atoms with van der Waals surface area (Å²) in [5, 5.41) is 0. The van der Waals surface area contributed by atoms with Gasteiger partial charge in [0.15, 0.2) is 0 Å². The molecule has 2 fully saturated rings. The summed E-state index contributed by atoms with van der Waals surface area (Å²) < 4.78 is 0. The molecule has 0 spiro atoms. The lowest BCUT2D eigenvalue weighted by molar-refractivity contribution is -0.136. The second kappa shape index (κ2) is 8.57. The first-order valence-electron chi connectivity index (χ1n) is 11.2. The van der Waals surface area contributed by atoms with Gasteiger partial charge < -0.3 is 14.7 Å². The lowest BCUT2D eigenvalue weighted by atomic mass is 10.1. The minimum atomic E-state index is -0.263. The van der Waals surface area contributed by atoms with E-state index in [9.17, 15) is 9.59 Å². The van der Waals surface area contributed by atoms with Crippen LogP contribution in [0.4, 0.5) is 5.82 Å². The smallest absolute Gasteiger partial charge is 0.228 e. The van der Waals surface area contributed by atoms with Crippen molar-refractivity contribution in [3.63, 3.8) is 0 Å². The molecule has 3 heterocycles. The third-order valence-electron chi connectivity index (χ3n) is 6.61. The van der Waals surface area contributed by atoms with Crippen molar-refractivity contribution >= 4 is 28.7 Å². The molecule has 0 radical (unpaired) electrons. The second-order valence-corrected chi connectivity index (χ2v) is 8.56. The van der Waals surface area contributed by atoms with E-state index in [0.717, 1.165) is 22.4 Å². The topological polar surface area (TPSA) is 69.6 Å². The highest BCUT2D eigenvalue weighted by molar-refractivity contribution is 5.89. The first-order valence-corrected chi connectivity index (χ1v) is 11.2. The number of fused-ring (bicyclic) bond motifs is 1. The van der Waals surface area contributed by atoms with Gasteiger partial charge in [0.2, 0.25) is 11.8 Å². The van der Waals surface area contributed by atoms with Gasteiger partial charge in [-0.2, -0.15) is 0 Å². The van der Waals surface area contributed by atoms with Crippen molar-refractivity contribution in [3.05, 3.63) is 66.4 Å². The number of likely N-dealkylation sites (tertiary alicyclic amines) is 1. The van der Waals surface area contributed by atoms with Crippen molar-refractivity contribution in [3.8, 4) is 0 Å². The van der Waals surface area contributed by atoms with Gasteiger partial charge in [-0.1, -0.05) is 42.5 Å². The normalized spacial score (nSPS) is 20.1. The Balaban J connectivity index is 1.20. The Morgan fingerprint density at radius 3 is 2.41 bits per heavy atom. The number of rotatable bonds is 4. The number of hydrogen-bond acceptors (Lipinski definition) is 5. The zero-order valence-electron chi connectivity index (χ0n) is 18.2. The Morgan fingerprint density at radius 2 is 1.66 bits per heavy atom. The second-order valence-electron chi connectivity index (χ2n) is 8.56. The zero-order chi connectivity index (χ0) is 22.1. The van der Waals surface area contributed by atoms with E-state index >= 15 is 0 Å². The van der Waals surface area contributed by atoms with Crippen molar-refractivity contribution in [2.75, 3.05) is 37.6 Å². The van der Waals surface area contributed by atoms with Crippen molar-refractivity contribution < 1.29 is 9.59 Å². The third-order valence-corrected chi connectivity index (χ3v) is 6.61. The lowest BCUT2D eigenvalue weighted by Crippen LogP contribution is -2.51. The van der Waals surface area contributed by atoms with Crippen LogP contribution in [0.25, 0.3) is 11.0 Å². The number of piperazine rings is 1. The van der Waals surface area contributed by atoms with Gasteiger partial charge in [-0.05, 0) is 24.6 Å². The Hall–Kier alpha value is -3.48. The van der Waals surface area contributed by atoms with Crippen LogP contribution in [0, 0.1) is 5.92 Å². The first-order chi connectivity index (χ1) is 15.6. The quantitative estimate of drug-likeness (QED) is 0.638. The zero-order valence-corrected chi connectivity index (χ0v) is 18.2. The molecule has 2 amide bonds. The van der Waals surface area contributed by atoms with Crippen LogP contribution < -0.4 is 4.90 Å². The molecule has 1 aromatic heterocycles. The highest BCUT2D eigenvalue weighted by Crippen LogP contribution is 2.29. The minimum absolute atomic E-state index is 0.0233. The van der Waals surface area contributed by atoms with Gasteiger partial charge in [-0.25, -0.2) is 4.98 Å². The lowest BCUT2D eigenvalue weighted by Gasteiger charge is -2.36. The molecule has 0 saturated carbocycles. The monoisotopic (exact) mass is 429 g/mol. The first kappa shape index (κ1) is 20.4. The van der Waals surface area contributed by atoms with Crippen LogP contribution in [0.15, 0.2) is 60.8 Å². The maximum absolute atomic E-state index is 13.2. The molecule has 0 aliphatic carbocycles. The summed E-state index contributed by atoms with van der Waals surface area (Å²) in [5.41, 5.74) is 2.85. The molecule has 0 bridgehead atoms. The van der Waals surface area contributed by atoms with Crippen LogP contribution in [0.5, 0.6) is 0 Å².